The maximum atomic E-state index is 12.1. The molecule has 2 aromatic heterocycles. The van der Waals surface area contributed by atoms with E-state index in [9.17, 15) is 4.79 Å². The zero-order valence-electron chi connectivity index (χ0n) is 16.7. The minimum absolute atomic E-state index is 0.113. The lowest BCUT2D eigenvalue weighted by Crippen LogP contribution is -2.27. The monoisotopic (exact) mass is 389 g/mol. The average Bonchev–Trinajstić information content (AvgIpc) is 3.28. The van der Waals surface area contributed by atoms with E-state index >= 15 is 0 Å². The highest BCUT2D eigenvalue weighted by atomic mass is 16.2. The van der Waals surface area contributed by atoms with Crippen LogP contribution < -0.4 is 5.32 Å². The van der Waals surface area contributed by atoms with Crippen molar-refractivity contribution >= 4 is 22.6 Å². The lowest BCUT2D eigenvalue weighted by atomic mass is 10.1. The van der Waals surface area contributed by atoms with Crippen LogP contribution in [-0.4, -0.2) is 56.6 Å². The molecular weight excluding hydrogens is 366 g/mol. The summed E-state index contributed by atoms with van der Waals surface area (Å²) < 4.78 is 1.82. The van der Waals surface area contributed by atoms with Crippen molar-refractivity contribution in [1.82, 2.24) is 30.1 Å². The minimum atomic E-state index is -0.113. The van der Waals surface area contributed by atoms with E-state index in [1.165, 1.54) is 11.1 Å². The number of benzene rings is 2. The Morgan fingerprint density at radius 1 is 1.21 bits per heavy atom. The fraction of sp³-hybridized carbons (Fsp3) is 0.238. The Morgan fingerprint density at radius 3 is 2.86 bits per heavy atom. The van der Waals surface area contributed by atoms with E-state index in [4.69, 9.17) is 0 Å². The largest absolute Gasteiger partial charge is 0.308 e. The molecule has 8 nitrogen and oxygen atoms in total. The summed E-state index contributed by atoms with van der Waals surface area (Å²) in [7, 11) is 3.70. The molecule has 8 heteroatoms. The molecule has 0 saturated heterocycles. The third kappa shape index (κ3) is 4.33. The van der Waals surface area contributed by atoms with Crippen molar-refractivity contribution < 1.29 is 4.79 Å². The minimum Gasteiger partial charge on any atom is -0.308 e. The number of carbonyl (C=O) groups excluding carboxylic acids is 1. The molecular formula is C21H23N7O. The van der Waals surface area contributed by atoms with Gasteiger partial charge in [-0.1, -0.05) is 41.1 Å². The molecule has 2 aromatic carbocycles. The normalized spacial score (nSPS) is 11.3. The van der Waals surface area contributed by atoms with Gasteiger partial charge in [0.2, 0.25) is 5.91 Å². The van der Waals surface area contributed by atoms with Crippen LogP contribution in [0.2, 0.25) is 0 Å². The number of fused-ring (bicyclic) bond motifs is 1. The lowest BCUT2D eigenvalue weighted by molar-refractivity contribution is -0.116. The van der Waals surface area contributed by atoms with Gasteiger partial charge < -0.3 is 10.2 Å². The Labute approximate surface area is 168 Å². The number of aryl methyl sites for hydroxylation is 1. The van der Waals surface area contributed by atoms with Crippen molar-refractivity contribution in [3.8, 4) is 11.3 Å². The van der Waals surface area contributed by atoms with Crippen LogP contribution in [0.1, 0.15) is 11.1 Å². The second kappa shape index (κ2) is 7.84. The molecule has 148 valence electrons. The molecule has 0 aliphatic heterocycles. The molecule has 2 N–H and O–H groups in total. The molecule has 0 saturated carbocycles. The van der Waals surface area contributed by atoms with Crippen molar-refractivity contribution in [2.75, 3.05) is 26.0 Å². The van der Waals surface area contributed by atoms with E-state index < -0.39 is 0 Å². The van der Waals surface area contributed by atoms with Crippen LogP contribution in [-0.2, 0) is 11.3 Å². The highest BCUT2D eigenvalue weighted by Crippen LogP contribution is 2.26. The van der Waals surface area contributed by atoms with Gasteiger partial charge >= 0.3 is 0 Å². The van der Waals surface area contributed by atoms with Crippen LogP contribution >= 0.6 is 0 Å². The summed E-state index contributed by atoms with van der Waals surface area (Å²) in [5, 5.41) is 19.4. The Kier molecular flexibility index (Phi) is 5.09. The SMILES string of the molecule is Cc1cccc(Cn2cc(-c3ccc4[nH]nc(NC(=O)CN(C)C)c4c3)nn2)c1. The molecule has 0 atom stereocenters. The number of rotatable bonds is 6. The number of likely N-dealkylation sites (N-methyl/N-ethyl adjacent to an activating group) is 1. The van der Waals surface area contributed by atoms with Gasteiger partial charge in [-0.05, 0) is 38.7 Å². The smallest absolute Gasteiger partial charge is 0.239 e. The Bertz CT molecular complexity index is 1160. The number of amides is 1. The van der Waals surface area contributed by atoms with Crippen LogP contribution in [0.15, 0.2) is 48.7 Å². The summed E-state index contributed by atoms with van der Waals surface area (Å²) in [6, 6.07) is 14.2. The summed E-state index contributed by atoms with van der Waals surface area (Å²) in [4.78, 5) is 13.9. The number of nitrogens with one attached hydrogen (secondary N) is 2. The first-order valence-corrected chi connectivity index (χ1v) is 9.37. The molecule has 0 spiro atoms. The first-order chi connectivity index (χ1) is 14.0. The van der Waals surface area contributed by atoms with E-state index in [-0.39, 0.29) is 5.91 Å². The summed E-state index contributed by atoms with van der Waals surface area (Å²) in [6.07, 6.45) is 1.92. The lowest BCUT2D eigenvalue weighted by Gasteiger charge is -2.08. The van der Waals surface area contributed by atoms with Crippen molar-refractivity contribution in [1.29, 1.82) is 0 Å². The molecule has 0 bridgehead atoms. The van der Waals surface area contributed by atoms with Gasteiger partial charge in [0.1, 0.15) is 5.69 Å². The molecule has 29 heavy (non-hydrogen) atoms. The summed E-state index contributed by atoms with van der Waals surface area (Å²) in [5.74, 6) is 0.402. The summed E-state index contributed by atoms with van der Waals surface area (Å²) in [5.41, 5.74) is 4.93. The van der Waals surface area contributed by atoms with Gasteiger partial charge in [-0.15, -0.1) is 5.10 Å². The average molecular weight is 389 g/mol. The molecule has 0 radical (unpaired) electrons. The number of carbonyl (C=O) groups is 1. The van der Waals surface area contributed by atoms with Gasteiger partial charge in [0.25, 0.3) is 0 Å². The fourth-order valence-electron chi connectivity index (χ4n) is 3.23. The van der Waals surface area contributed by atoms with E-state index in [2.05, 4.69) is 50.9 Å². The highest BCUT2D eigenvalue weighted by Gasteiger charge is 2.12. The topological polar surface area (TPSA) is 91.7 Å². The van der Waals surface area contributed by atoms with Crippen LogP contribution in [0, 0.1) is 6.92 Å². The number of H-pyrrole nitrogens is 1. The molecule has 4 rings (SSSR count). The first kappa shape index (κ1) is 18.8. The molecule has 0 aliphatic carbocycles. The molecule has 4 aromatic rings. The third-order valence-corrected chi connectivity index (χ3v) is 4.54. The number of hydrogen-bond donors (Lipinski definition) is 2. The molecule has 2 heterocycles. The zero-order valence-corrected chi connectivity index (χ0v) is 16.7. The Hall–Kier alpha value is -3.52. The quantitative estimate of drug-likeness (QED) is 0.529. The van der Waals surface area contributed by atoms with Crippen LogP contribution in [0.25, 0.3) is 22.2 Å². The van der Waals surface area contributed by atoms with Crippen LogP contribution in [0.5, 0.6) is 0 Å². The van der Waals surface area contributed by atoms with Gasteiger partial charge in [-0.3, -0.25) is 9.89 Å². The summed E-state index contributed by atoms with van der Waals surface area (Å²) in [6.45, 7) is 3.03. The van der Waals surface area contributed by atoms with Gasteiger partial charge in [0.05, 0.1) is 24.8 Å². The van der Waals surface area contributed by atoms with E-state index in [0.717, 1.165) is 22.2 Å². The van der Waals surface area contributed by atoms with Crippen molar-refractivity contribution in [2.45, 2.75) is 13.5 Å². The maximum absolute atomic E-state index is 12.1. The first-order valence-electron chi connectivity index (χ1n) is 9.37. The van der Waals surface area contributed by atoms with E-state index in [0.29, 0.717) is 18.9 Å². The fourth-order valence-corrected chi connectivity index (χ4v) is 3.23. The zero-order chi connectivity index (χ0) is 20.4. The number of nitrogens with zero attached hydrogens (tertiary/aromatic N) is 5. The number of aromatic amines is 1. The van der Waals surface area contributed by atoms with Crippen molar-refractivity contribution in [3.63, 3.8) is 0 Å². The highest BCUT2D eigenvalue weighted by molar-refractivity contribution is 6.01. The van der Waals surface area contributed by atoms with E-state index in [1.807, 2.05) is 54.1 Å². The Morgan fingerprint density at radius 2 is 2.07 bits per heavy atom. The van der Waals surface area contributed by atoms with Gasteiger partial charge in [0, 0.05) is 10.9 Å². The van der Waals surface area contributed by atoms with Crippen molar-refractivity contribution in [2.24, 2.45) is 0 Å². The second-order valence-electron chi connectivity index (χ2n) is 7.41. The second-order valence-corrected chi connectivity index (χ2v) is 7.41. The number of hydrogen-bond acceptors (Lipinski definition) is 5. The maximum Gasteiger partial charge on any atom is 0.239 e. The van der Waals surface area contributed by atoms with E-state index in [1.54, 1.807) is 0 Å². The Balaban J connectivity index is 1.57. The predicted molar refractivity (Wildman–Crippen MR) is 113 cm³/mol. The van der Waals surface area contributed by atoms with Gasteiger partial charge in [-0.25, -0.2) is 4.68 Å². The number of anilines is 1. The molecule has 1 amide bonds. The van der Waals surface area contributed by atoms with Crippen LogP contribution in [0.3, 0.4) is 0 Å². The molecule has 0 fully saturated rings. The molecule has 0 unspecified atom stereocenters. The van der Waals surface area contributed by atoms with Crippen molar-refractivity contribution in [3.05, 3.63) is 59.8 Å². The van der Waals surface area contributed by atoms with Gasteiger partial charge in [-0.2, -0.15) is 5.10 Å². The van der Waals surface area contributed by atoms with Gasteiger partial charge in [0.15, 0.2) is 5.82 Å². The predicted octanol–water partition coefficient (Wildman–Crippen LogP) is 2.68. The third-order valence-electron chi connectivity index (χ3n) is 4.54. The number of aromatic nitrogens is 5. The standard InChI is InChI=1S/C21H23N7O/c1-14-5-4-6-15(9-14)11-28-12-19(24-26-28)16-7-8-18-17(10-16)21(25-23-18)22-20(29)13-27(2)3/h4-10,12H,11,13H2,1-3H3,(H2,22,23,25,29). The summed E-state index contributed by atoms with van der Waals surface area (Å²) >= 11 is 0. The molecule has 0 aliphatic rings. The van der Waals surface area contributed by atoms with Crippen LogP contribution in [0.4, 0.5) is 5.82 Å².